The first kappa shape index (κ1) is 15.4. The van der Waals surface area contributed by atoms with E-state index in [0.717, 1.165) is 51.0 Å². The Hall–Kier alpha value is -0.970. The van der Waals surface area contributed by atoms with Crippen molar-refractivity contribution in [2.24, 2.45) is 0 Å². The highest BCUT2D eigenvalue weighted by Gasteiger charge is 2.22. The standard InChI is InChI=1S/C16H25FN2O/c1-2-9-18-16(14-5-3-4-6-15(14)17)8-11-19-10-7-13(20)12-19/h3-6,13,16,18,20H,2,7-12H2,1H3. The molecular weight excluding hydrogens is 255 g/mol. The van der Waals surface area contributed by atoms with Crippen molar-refractivity contribution in [2.75, 3.05) is 26.2 Å². The smallest absolute Gasteiger partial charge is 0.127 e. The van der Waals surface area contributed by atoms with Gasteiger partial charge in [0.15, 0.2) is 0 Å². The first-order chi connectivity index (χ1) is 9.70. The zero-order valence-corrected chi connectivity index (χ0v) is 12.2. The van der Waals surface area contributed by atoms with Gasteiger partial charge in [0.2, 0.25) is 0 Å². The van der Waals surface area contributed by atoms with E-state index in [1.807, 2.05) is 12.1 Å². The molecule has 0 saturated carbocycles. The number of benzene rings is 1. The van der Waals surface area contributed by atoms with Crippen LogP contribution in [0, 0.1) is 5.82 Å². The van der Waals surface area contributed by atoms with Crippen LogP contribution in [0.2, 0.25) is 0 Å². The van der Waals surface area contributed by atoms with Gasteiger partial charge in [-0.3, -0.25) is 0 Å². The molecule has 1 aliphatic rings. The van der Waals surface area contributed by atoms with Crippen LogP contribution in [0.4, 0.5) is 4.39 Å². The van der Waals surface area contributed by atoms with Gasteiger partial charge in [-0.05, 0) is 31.9 Å². The third-order valence-corrected chi connectivity index (χ3v) is 3.90. The number of aliphatic hydroxyl groups is 1. The highest BCUT2D eigenvalue weighted by molar-refractivity contribution is 5.21. The van der Waals surface area contributed by atoms with Crippen molar-refractivity contribution >= 4 is 0 Å². The summed E-state index contributed by atoms with van der Waals surface area (Å²) in [4.78, 5) is 2.26. The van der Waals surface area contributed by atoms with Crippen LogP contribution in [0.15, 0.2) is 24.3 Å². The fourth-order valence-electron chi connectivity index (χ4n) is 2.77. The van der Waals surface area contributed by atoms with Gasteiger partial charge in [-0.25, -0.2) is 4.39 Å². The predicted octanol–water partition coefficient (Wildman–Crippen LogP) is 2.32. The largest absolute Gasteiger partial charge is 0.392 e. The van der Waals surface area contributed by atoms with E-state index in [1.54, 1.807) is 6.07 Å². The van der Waals surface area contributed by atoms with Gasteiger partial charge >= 0.3 is 0 Å². The number of halogens is 1. The summed E-state index contributed by atoms with van der Waals surface area (Å²) in [6.07, 6.45) is 2.57. The topological polar surface area (TPSA) is 35.5 Å². The summed E-state index contributed by atoms with van der Waals surface area (Å²) in [7, 11) is 0. The lowest BCUT2D eigenvalue weighted by Gasteiger charge is -2.23. The Labute approximate surface area is 120 Å². The number of nitrogens with zero attached hydrogens (tertiary/aromatic N) is 1. The Morgan fingerprint density at radius 1 is 1.45 bits per heavy atom. The van der Waals surface area contributed by atoms with Gasteiger partial charge in [0, 0.05) is 31.2 Å². The third kappa shape index (κ3) is 4.27. The van der Waals surface area contributed by atoms with Gasteiger partial charge in [-0.2, -0.15) is 0 Å². The third-order valence-electron chi connectivity index (χ3n) is 3.90. The van der Waals surface area contributed by atoms with Gasteiger partial charge in [0.25, 0.3) is 0 Å². The molecule has 112 valence electrons. The summed E-state index contributed by atoms with van der Waals surface area (Å²) in [6.45, 7) is 5.59. The molecule has 0 aromatic heterocycles. The van der Waals surface area contributed by atoms with Gasteiger partial charge < -0.3 is 15.3 Å². The van der Waals surface area contributed by atoms with Crippen LogP contribution in [0.1, 0.15) is 37.8 Å². The summed E-state index contributed by atoms with van der Waals surface area (Å²) in [5, 5.41) is 13.0. The molecule has 1 fully saturated rings. The van der Waals surface area contributed by atoms with Crippen molar-refractivity contribution < 1.29 is 9.50 Å². The quantitative estimate of drug-likeness (QED) is 0.804. The maximum Gasteiger partial charge on any atom is 0.127 e. The van der Waals surface area contributed by atoms with Gasteiger partial charge in [-0.15, -0.1) is 0 Å². The minimum atomic E-state index is -0.189. The molecule has 1 aromatic rings. The summed E-state index contributed by atoms with van der Waals surface area (Å²) in [6, 6.07) is 7.05. The fraction of sp³-hybridized carbons (Fsp3) is 0.625. The van der Waals surface area contributed by atoms with Crippen LogP contribution in [0.25, 0.3) is 0 Å². The molecule has 1 heterocycles. The summed E-state index contributed by atoms with van der Waals surface area (Å²) in [5.41, 5.74) is 0.751. The van der Waals surface area contributed by atoms with Gasteiger partial charge in [0.05, 0.1) is 6.10 Å². The number of likely N-dealkylation sites (tertiary alicyclic amines) is 1. The second kappa shape index (κ2) is 7.72. The Morgan fingerprint density at radius 2 is 2.25 bits per heavy atom. The summed E-state index contributed by atoms with van der Waals surface area (Å²) in [5.74, 6) is -0.137. The zero-order valence-electron chi connectivity index (χ0n) is 12.2. The van der Waals surface area contributed by atoms with Crippen molar-refractivity contribution in [3.63, 3.8) is 0 Å². The molecule has 20 heavy (non-hydrogen) atoms. The molecule has 0 aliphatic carbocycles. The van der Waals surface area contributed by atoms with E-state index >= 15 is 0 Å². The van der Waals surface area contributed by atoms with Crippen LogP contribution < -0.4 is 5.32 Å². The van der Waals surface area contributed by atoms with Crippen molar-refractivity contribution in [2.45, 2.75) is 38.3 Å². The number of rotatable bonds is 7. The molecule has 0 spiro atoms. The predicted molar refractivity (Wildman–Crippen MR) is 79.1 cm³/mol. The molecule has 2 unspecified atom stereocenters. The lowest BCUT2D eigenvalue weighted by Crippen LogP contribution is -2.29. The van der Waals surface area contributed by atoms with Crippen molar-refractivity contribution in [3.8, 4) is 0 Å². The molecule has 2 N–H and O–H groups in total. The highest BCUT2D eigenvalue weighted by Crippen LogP contribution is 2.21. The lowest BCUT2D eigenvalue weighted by molar-refractivity contribution is 0.174. The molecule has 1 aliphatic heterocycles. The molecule has 0 radical (unpaired) electrons. The van der Waals surface area contributed by atoms with Crippen LogP contribution in [0.5, 0.6) is 0 Å². The van der Waals surface area contributed by atoms with Crippen LogP contribution in [0.3, 0.4) is 0 Å². The van der Waals surface area contributed by atoms with E-state index in [4.69, 9.17) is 0 Å². The first-order valence-electron chi connectivity index (χ1n) is 7.59. The number of β-amino-alcohol motifs (C(OH)–C–C–N with tert-alkyl or cyclic N) is 1. The van der Waals surface area contributed by atoms with Crippen molar-refractivity contribution in [1.82, 2.24) is 10.2 Å². The van der Waals surface area contributed by atoms with Crippen LogP contribution in [-0.4, -0.2) is 42.3 Å². The molecule has 2 atom stereocenters. The molecular formula is C16H25FN2O. The Balaban J connectivity index is 1.95. The van der Waals surface area contributed by atoms with Crippen molar-refractivity contribution in [3.05, 3.63) is 35.6 Å². The van der Waals surface area contributed by atoms with Crippen LogP contribution >= 0.6 is 0 Å². The summed E-state index contributed by atoms with van der Waals surface area (Å²) < 4.78 is 13.9. The Kier molecular flexibility index (Phi) is 5.95. The number of aliphatic hydroxyl groups excluding tert-OH is 1. The molecule has 0 bridgehead atoms. The average Bonchev–Trinajstić information content (AvgIpc) is 2.86. The van der Waals surface area contributed by atoms with E-state index in [1.165, 1.54) is 6.07 Å². The molecule has 4 heteroatoms. The maximum absolute atomic E-state index is 13.9. The zero-order chi connectivity index (χ0) is 14.4. The average molecular weight is 280 g/mol. The van der Waals surface area contributed by atoms with Gasteiger partial charge in [-0.1, -0.05) is 25.1 Å². The van der Waals surface area contributed by atoms with E-state index in [0.29, 0.717) is 0 Å². The Bertz CT molecular complexity index is 413. The highest BCUT2D eigenvalue weighted by atomic mass is 19.1. The molecule has 1 saturated heterocycles. The molecule has 2 rings (SSSR count). The molecule has 1 aromatic carbocycles. The summed E-state index contributed by atoms with van der Waals surface area (Å²) >= 11 is 0. The van der Waals surface area contributed by atoms with Crippen molar-refractivity contribution in [1.29, 1.82) is 0 Å². The molecule has 0 amide bonds. The maximum atomic E-state index is 13.9. The lowest BCUT2D eigenvalue weighted by atomic mass is 10.0. The molecule has 3 nitrogen and oxygen atoms in total. The SMILES string of the molecule is CCCNC(CCN1CCC(O)C1)c1ccccc1F. The minimum absolute atomic E-state index is 0.0499. The van der Waals surface area contributed by atoms with Gasteiger partial charge in [0.1, 0.15) is 5.82 Å². The van der Waals surface area contributed by atoms with E-state index in [9.17, 15) is 9.50 Å². The normalized spacial score (nSPS) is 21.2. The number of nitrogens with one attached hydrogen (secondary N) is 1. The van der Waals surface area contributed by atoms with E-state index < -0.39 is 0 Å². The minimum Gasteiger partial charge on any atom is -0.392 e. The fourth-order valence-corrected chi connectivity index (χ4v) is 2.77. The second-order valence-electron chi connectivity index (χ2n) is 5.56. The van der Waals surface area contributed by atoms with E-state index in [-0.39, 0.29) is 18.0 Å². The second-order valence-corrected chi connectivity index (χ2v) is 5.56. The monoisotopic (exact) mass is 280 g/mol. The Morgan fingerprint density at radius 3 is 2.90 bits per heavy atom. The van der Waals surface area contributed by atoms with Crippen LogP contribution in [-0.2, 0) is 0 Å². The number of hydrogen-bond acceptors (Lipinski definition) is 3. The number of hydrogen-bond donors (Lipinski definition) is 2. The first-order valence-corrected chi connectivity index (χ1v) is 7.59. The van der Waals surface area contributed by atoms with E-state index in [2.05, 4.69) is 17.1 Å².